The lowest BCUT2D eigenvalue weighted by Crippen LogP contribution is -2.21. The summed E-state index contributed by atoms with van der Waals surface area (Å²) >= 11 is 0. The molecule has 2 rings (SSSR count). The van der Waals surface area contributed by atoms with Gasteiger partial charge in [-0.1, -0.05) is 44.2 Å². The highest BCUT2D eigenvalue weighted by Crippen LogP contribution is 2.26. The topological polar surface area (TPSA) is 68.0 Å². The molecule has 5 nitrogen and oxygen atoms in total. The molecule has 0 unspecified atom stereocenters. The van der Waals surface area contributed by atoms with E-state index in [0.717, 1.165) is 5.69 Å². The standard InChI is InChI=1S/C13H15N3O2/c1-13(2,3)11-10(12(17)18)14-15-16(11)9-7-5-4-6-8-9/h4-8H,1-3H3,(H,17,18). The molecule has 5 heteroatoms. The summed E-state index contributed by atoms with van der Waals surface area (Å²) in [5.74, 6) is -1.05. The first-order valence-corrected chi connectivity index (χ1v) is 5.66. The van der Waals surface area contributed by atoms with Gasteiger partial charge in [-0.2, -0.15) is 0 Å². The van der Waals surface area contributed by atoms with Crippen LogP contribution < -0.4 is 0 Å². The molecule has 0 aliphatic heterocycles. The van der Waals surface area contributed by atoms with Crippen molar-refractivity contribution in [3.05, 3.63) is 41.7 Å². The zero-order chi connectivity index (χ0) is 13.3. The molecule has 0 aliphatic rings. The van der Waals surface area contributed by atoms with Crippen LogP contribution in [0.1, 0.15) is 37.0 Å². The quantitative estimate of drug-likeness (QED) is 0.881. The van der Waals surface area contributed by atoms with E-state index in [2.05, 4.69) is 10.3 Å². The number of benzene rings is 1. The minimum atomic E-state index is -1.05. The van der Waals surface area contributed by atoms with Crippen molar-refractivity contribution in [2.75, 3.05) is 0 Å². The number of carbonyl (C=O) groups is 1. The van der Waals surface area contributed by atoms with E-state index in [1.54, 1.807) is 4.68 Å². The minimum absolute atomic E-state index is 0.00588. The third-order valence-corrected chi connectivity index (χ3v) is 2.58. The van der Waals surface area contributed by atoms with Crippen LogP contribution in [0.4, 0.5) is 0 Å². The summed E-state index contributed by atoms with van der Waals surface area (Å²) in [6.07, 6.45) is 0. The number of nitrogens with zero attached hydrogens (tertiary/aromatic N) is 3. The fourth-order valence-corrected chi connectivity index (χ4v) is 1.85. The Morgan fingerprint density at radius 2 is 1.83 bits per heavy atom. The van der Waals surface area contributed by atoms with E-state index in [1.165, 1.54) is 0 Å². The van der Waals surface area contributed by atoms with E-state index in [-0.39, 0.29) is 11.1 Å². The Labute approximate surface area is 105 Å². The average Bonchev–Trinajstić information content (AvgIpc) is 2.74. The normalized spacial score (nSPS) is 11.5. The van der Waals surface area contributed by atoms with Crippen molar-refractivity contribution in [3.63, 3.8) is 0 Å². The molecular weight excluding hydrogens is 230 g/mol. The predicted molar refractivity (Wildman–Crippen MR) is 67.0 cm³/mol. The van der Waals surface area contributed by atoms with Gasteiger partial charge >= 0.3 is 5.97 Å². The van der Waals surface area contributed by atoms with E-state index in [0.29, 0.717) is 5.69 Å². The number of carboxylic acids is 1. The van der Waals surface area contributed by atoms with Gasteiger partial charge in [-0.3, -0.25) is 0 Å². The molecule has 0 saturated carbocycles. The second-order valence-electron chi connectivity index (χ2n) is 5.09. The first-order valence-electron chi connectivity index (χ1n) is 5.66. The minimum Gasteiger partial charge on any atom is -0.476 e. The van der Waals surface area contributed by atoms with Crippen molar-refractivity contribution < 1.29 is 9.90 Å². The van der Waals surface area contributed by atoms with Crippen molar-refractivity contribution in [2.45, 2.75) is 26.2 Å². The Hall–Kier alpha value is -2.17. The third kappa shape index (κ3) is 2.11. The van der Waals surface area contributed by atoms with E-state index in [1.807, 2.05) is 51.1 Å². The van der Waals surface area contributed by atoms with Crippen molar-refractivity contribution in [1.82, 2.24) is 15.0 Å². The predicted octanol–water partition coefficient (Wildman–Crippen LogP) is 2.26. The van der Waals surface area contributed by atoms with Crippen LogP contribution in [0.2, 0.25) is 0 Å². The van der Waals surface area contributed by atoms with Crippen LogP contribution in [0.15, 0.2) is 30.3 Å². The smallest absolute Gasteiger partial charge is 0.358 e. The molecule has 18 heavy (non-hydrogen) atoms. The van der Waals surface area contributed by atoms with Gasteiger partial charge in [0.15, 0.2) is 5.69 Å². The zero-order valence-corrected chi connectivity index (χ0v) is 10.6. The van der Waals surface area contributed by atoms with Crippen molar-refractivity contribution in [2.24, 2.45) is 0 Å². The lowest BCUT2D eigenvalue weighted by atomic mass is 9.90. The zero-order valence-electron chi connectivity index (χ0n) is 10.6. The summed E-state index contributed by atoms with van der Waals surface area (Å²) in [7, 11) is 0. The third-order valence-electron chi connectivity index (χ3n) is 2.58. The molecule has 1 aromatic heterocycles. The molecule has 0 atom stereocenters. The summed E-state index contributed by atoms with van der Waals surface area (Å²) in [5.41, 5.74) is 1.06. The van der Waals surface area contributed by atoms with Gasteiger partial charge in [0.1, 0.15) is 0 Å². The van der Waals surface area contributed by atoms with Crippen LogP contribution in [-0.2, 0) is 5.41 Å². The van der Waals surface area contributed by atoms with Crippen LogP contribution >= 0.6 is 0 Å². The summed E-state index contributed by atoms with van der Waals surface area (Å²) in [5, 5.41) is 16.9. The number of para-hydroxylation sites is 1. The molecule has 0 spiro atoms. The van der Waals surface area contributed by atoms with Gasteiger partial charge in [-0.25, -0.2) is 9.48 Å². The number of carboxylic acid groups (broad SMARTS) is 1. The average molecular weight is 245 g/mol. The lowest BCUT2D eigenvalue weighted by molar-refractivity contribution is 0.0687. The number of rotatable bonds is 2. The molecule has 94 valence electrons. The summed E-state index contributed by atoms with van der Waals surface area (Å²) in [6, 6.07) is 9.40. The van der Waals surface area contributed by atoms with Gasteiger partial charge in [0.05, 0.1) is 11.4 Å². The Morgan fingerprint density at radius 3 is 2.33 bits per heavy atom. The molecule has 2 aromatic rings. The van der Waals surface area contributed by atoms with Crippen LogP contribution in [0.25, 0.3) is 5.69 Å². The number of hydrogen-bond acceptors (Lipinski definition) is 3. The summed E-state index contributed by atoms with van der Waals surface area (Å²) in [6.45, 7) is 5.83. The molecule has 0 amide bonds. The van der Waals surface area contributed by atoms with Crippen LogP contribution in [-0.4, -0.2) is 26.1 Å². The Kier molecular flexibility index (Phi) is 2.90. The molecule has 0 radical (unpaired) electrons. The number of hydrogen-bond donors (Lipinski definition) is 1. The maximum atomic E-state index is 11.2. The highest BCUT2D eigenvalue weighted by atomic mass is 16.4. The largest absolute Gasteiger partial charge is 0.476 e. The maximum Gasteiger partial charge on any atom is 0.358 e. The number of aromatic nitrogens is 3. The number of aromatic carboxylic acids is 1. The molecule has 0 aliphatic carbocycles. The fourth-order valence-electron chi connectivity index (χ4n) is 1.85. The Balaban J connectivity index is 2.67. The van der Waals surface area contributed by atoms with Crippen LogP contribution in [0.3, 0.4) is 0 Å². The van der Waals surface area contributed by atoms with E-state index < -0.39 is 5.97 Å². The fraction of sp³-hybridized carbons (Fsp3) is 0.308. The Morgan fingerprint density at radius 1 is 1.22 bits per heavy atom. The molecule has 0 bridgehead atoms. The molecule has 1 aromatic carbocycles. The molecule has 0 fully saturated rings. The van der Waals surface area contributed by atoms with E-state index in [4.69, 9.17) is 0 Å². The Bertz CT molecular complexity index is 568. The highest BCUT2D eigenvalue weighted by Gasteiger charge is 2.29. The van der Waals surface area contributed by atoms with Gasteiger partial charge < -0.3 is 5.11 Å². The van der Waals surface area contributed by atoms with Gasteiger partial charge in [-0.05, 0) is 12.1 Å². The van der Waals surface area contributed by atoms with Crippen molar-refractivity contribution >= 4 is 5.97 Å². The first-order chi connectivity index (χ1) is 8.41. The highest BCUT2D eigenvalue weighted by molar-refractivity contribution is 5.87. The molecule has 0 saturated heterocycles. The van der Waals surface area contributed by atoms with Gasteiger partial charge in [0.2, 0.25) is 0 Å². The van der Waals surface area contributed by atoms with E-state index >= 15 is 0 Å². The van der Waals surface area contributed by atoms with Crippen molar-refractivity contribution in [1.29, 1.82) is 0 Å². The van der Waals surface area contributed by atoms with Gasteiger partial charge in [0, 0.05) is 5.41 Å². The van der Waals surface area contributed by atoms with Gasteiger partial charge in [0.25, 0.3) is 0 Å². The summed E-state index contributed by atoms with van der Waals surface area (Å²) in [4.78, 5) is 11.2. The van der Waals surface area contributed by atoms with E-state index in [9.17, 15) is 9.90 Å². The first kappa shape index (κ1) is 12.3. The molecular formula is C13H15N3O2. The van der Waals surface area contributed by atoms with Crippen LogP contribution in [0, 0.1) is 0 Å². The second-order valence-corrected chi connectivity index (χ2v) is 5.09. The monoisotopic (exact) mass is 245 g/mol. The molecule has 1 N–H and O–H groups in total. The SMILES string of the molecule is CC(C)(C)c1c(C(=O)O)nnn1-c1ccccc1. The lowest BCUT2D eigenvalue weighted by Gasteiger charge is -2.20. The molecule has 1 heterocycles. The maximum absolute atomic E-state index is 11.2. The second kappa shape index (κ2) is 4.25. The van der Waals surface area contributed by atoms with Crippen molar-refractivity contribution in [3.8, 4) is 5.69 Å². The summed E-state index contributed by atoms with van der Waals surface area (Å²) < 4.78 is 1.59. The van der Waals surface area contributed by atoms with Crippen LogP contribution in [0.5, 0.6) is 0 Å². The van der Waals surface area contributed by atoms with Gasteiger partial charge in [-0.15, -0.1) is 5.10 Å².